The summed E-state index contributed by atoms with van der Waals surface area (Å²) in [6, 6.07) is -0.989. The summed E-state index contributed by atoms with van der Waals surface area (Å²) in [7, 11) is 0. The van der Waals surface area contributed by atoms with Gasteiger partial charge in [0.1, 0.15) is 73.2 Å². The monoisotopic (exact) mass is 978 g/mol. The van der Waals surface area contributed by atoms with Gasteiger partial charge in [0.05, 0.1) is 38.6 Å². The number of hydrogen-bond acceptors (Lipinski definition) is 18. The second-order valence-corrected chi connectivity index (χ2v) is 18.3. The lowest BCUT2D eigenvalue weighted by molar-refractivity contribution is -0.379. The molecule has 0 aromatic heterocycles. The molecule has 3 saturated heterocycles. The van der Waals surface area contributed by atoms with E-state index in [0.29, 0.717) is 12.8 Å². The molecule has 0 spiro atoms. The van der Waals surface area contributed by atoms with Crippen LogP contribution < -0.4 is 5.32 Å². The Hall–Kier alpha value is -1.99. The number of aliphatic hydroxyl groups excluding tert-OH is 11. The maximum atomic E-state index is 13.2. The Morgan fingerprint density at radius 3 is 1.53 bits per heavy atom. The summed E-state index contributed by atoms with van der Waals surface area (Å²) in [4.78, 5) is 13.2. The van der Waals surface area contributed by atoms with Gasteiger partial charge in [0.2, 0.25) is 5.91 Å². The molecule has 1 amide bonds. The van der Waals surface area contributed by atoms with E-state index in [4.69, 9.17) is 28.4 Å². The summed E-state index contributed by atoms with van der Waals surface area (Å²) in [5, 5.41) is 119. The van der Waals surface area contributed by atoms with Crippen molar-refractivity contribution < 1.29 is 89.4 Å². The van der Waals surface area contributed by atoms with E-state index in [1.54, 1.807) is 6.08 Å². The van der Waals surface area contributed by atoms with Crippen molar-refractivity contribution in [3.63, 3.8) is 0 Å². The molecule has 19 nitrogen and oxygen atoms in total. The molecule has 0 saturated carbocycles. The summed E-state index contributed by atoms with van der Waals surface area (Å²) >= 11 is 0. The molecule has 3 heterocycles. The van der Waals surface area contributed by atoms with Gasteiger partial charge in [-0.3, -0.25) is 4.79 Å². The fraction of sp³-hybridized carbons (Fsp3) is 0.857. The zero-order chi connectivity index (χ0) is 49.8. The number of nitrogens with one attached hydrogen (secondary N) is 1. The zero-order valence-corrected chi connectivity index (χ0v) is 40.3. The standard InChI is InChI=1S/C49H87NO18/c1-3-5-7-9-11-13-15-16-17-18-20-22-24-26-33(54)32(50-37(55)27-25-23-21-19-14-12-10-8-6-4-2)31-63-47-43(61)40(58)45(35(29-52)65-47)68-49-44(62)41(59)46(36(30-53)66-49)67-48-42(60)39(57)38(56)34(28-51)64-48/h8,10,17-18,24,26,32-36,38-49,51-54,56-62H,3-7,9,11-16,19-23,25,27-31H2,1-2H3,(H,50,55)/b10-8-,18-17+,26-24+. The summed E-state index contributed by atoms with van der Waals surface area (Å²) in [5.74, 6) is -0.302. The highest BCUT2D eigenvalue weighted by atomic mass is 16.8. The molecule has 0 aromatic rings. The first kappa shape index (κ1) is 60.3. The maximum absolute atomic E-state index is 13.2. The van der Waals surface area contributed by atoms with E-state index in [1.165, 1.54) is 38.5 Å². The highest BCUT2D eigenvalue weighted by Crippen LogP contribution is 2.33. The van der Waals surface area contributed by atoms with Crippen LogP contribution in [-0.2, 0) is 33.2 Å². The molecule has 17 unspecified atom stereocenters. The van der Waals surface area contributed by atoms with Gasteiger partial charge < -0.3 is 89.9 Å². The zero-order valence-electron chi connectivity index (χ0n) is 40.3. The SMILES string of the molecule is CCC/C=C\CCCCCCCC(=O)NC(COC1OC(CO)C(OC2OC(CO)C(OC3OC(CO)C(O)C(O)C3O)C(O)C2O)C(O)C1O)C(O)/C=C/CC/C=C/CCCCCCCCC. The van der Waals surface area contributed by atoms with E-state index < -0.39 is 124 Å². The Morgan fingerprint density at radius 2 is 0.971 bits per heavy atom. The van der Waals surface area contributed by atoms with Gasteiger partial charge in [-0.05, 0) is 51.4 Å². The second kappa shape index (κ2) is 34.4. The van der Waals surface area contributed by atoms with Gasteiger partial charge in [-0.1, -0.05) is 115 Å². The lowest BCUT2D eigenvalue weighted by Gasteiger charge is -2.48. The Bertz CT molecular complexity index is 1400. The number of carbonyl (C=O) groups is 1. The van der Waals surface area contributed by atoms with Crippen molar-refractivity contribution in [2.75, 3.05) is 26.4 Å². The van der Waals surface area contributed by atoms with Gasteiger partial charge >= 0.3 is 0 Å². The van der Waals surface area contributed by atoms with E-state index >= 15 is 0 Å². The smallest absolute Gasteiger partial charge is 0.220 e. The van der Waals surface area contributed by atoms with Gasteiger partial charge in [-0.25, -0.2) is 0 Å². The van der Waals surface area contributed by atoms with E-state index in [1.807, 2.05) is 6.08 Å². The molecule has 17 atom stereocenters. The minimum Gasteiger partial charge on any atom is -0.394 e. The topological polar surface area (TPSA) is 307 Å². The number of allylic oxidation sites excluding steroid dienone is 5. The quantitative estimate of drug-likeness (QED) is 0.0321. The van der Waals surface area contributed by atoms with E-state index in [0.717, 1.165) is 64.2 Å². The van der Waals surface area contributed by atoms with Crippen LogP contribution in [0.1, 0.15) is 136 Å². The highest BCUT2D eigenvalue weighted by Gasteiger charge is 2.53. The number of rotatable bonds is 34. The Balaban J connectivity index is 1.59. The van der Waals surface area contributed by atoms with Crippen molar-refractivity contribution in [2.45, 2.75) is 240 Å². The van der Waals surface area contributed by atoms with Crippen LogP contribution in [0.15, 0.2) is 36.5 Å². The normalized spacial score (nSPS) is 33.5. The third-order valence-corrected chi connectivity index (χ3v) is 12.6. The van der Waals surface area contributed by atoms with E-state index in [9.17, 15) is 61.0 Å². The minimum absolute atomic E-state index is 0.224. The maximum Gasteiger partial charge on any atom is 0.220 e. The Labute approximate surface area is 402 Å². The van der Waals surface area contributed by atoms with Crippen LogP contribution in [0, 0.1) is 0 Å². The largest absolute Gasteiger partial charge is 0.394 e. The first-order chi connectivity index (χ1) is 32.8. The third kappa shape index (κ3) is 20.3. The van der Waals surface area contributed by atoms with Gasteiger partial charge in [-0.2, -0.15) is 0 Å². The number of hydrogen-bond donors (Lipinski definition) is 12. The number of carbonyl (C=O) groups excluding carboxylic acids is 1. The second-order valence-electron chi connectivity index (χ2n) is 18.3. The van der Waals surface area contributed by atoms with Crippen LogP contribution in [0.2, 0.25) is 0 Å². The van der Waals surface area contributed by atoms with Crippen LogP contribution in [0.25, 0.3) is 0 Å². The lowest BCUT2D eigenvalue weighted by atomic mass is 9.96. The van der Waals surface area contributed by atoms with Crippen molar-refractivity contribution in [2.24, 2.45) is 0 Å². The number of amides is 1. The molecular weight excluding hydrogens is 891 g/mol. The molecule has 3 fully saturated rings. The average molecular weight is 978 g/mol. The van der Waals surface area contributed by atoms with Gasteiger partial charge in [0.25, 0.3) is 0 Å². The average Bonchev–Trinajstić information content (AvgIpc) is 3.33. The Morgan fingerprint density at radius 1 is 0.515 bits per heavy atom. The van der Waals surface area contributed by atoms with Crippen LogP contribution in [0.4, 0.5) is 0 Å². The van der Waals surface area contributed by atoms with Crippen LogP contribution in [0.5, 0.6) is 0 Å². The third-order valence-electron chi connectivity index (χ3n) is 12.6. The van der Waals surface area contributed by atoms with Crippen molar-refractivity contribution in [3.05, 3.63) is 36.5 Å². The molecule has 3 rings (SSSR count). The molecule has 0 bridgehead atoms. The molecule has 0 radical (unpaired) electrons. The van der Waals surface area contributed by atoms with Gasteiger partial charge in [0.15, 0.2) is 18.9 Å². The molecule has 0 aromatic carbocycles. The molecule has 396 valence electrons. The molecular formula is C49H87NO18. The first-order valence-corrected chi connectivity index (χ1v) is 25.2. The van der Waals surface area contributed by atoms with Crippen molar-refractivity contribution in [1.82, 2.24) is 5.32 Å². The number of ether oxygens (including phenoxy) is 6. The van der Waals surface area contributed by atoms with E-state index in [2.05, 4.69) is 43.5 Å². The molecule has 68 heavy (non-hydrogen) atoms. The van der Waals surface area contributed by atoms with Crippen molar-refractivity contribution >= 4 is 5.91 Å². The summed E-state index contributed by atoms with van der Waals surface area (Å²) in [6.07, 6.45) is 4.54. The van der Waals surface area contributed by atoms with Crippen LogP contribution >= 0.6 is 0 Å². The lowest BCUT2D eigenvalue weighted by Crippen LogP contribution is -2.66. The van der Waals surface area contributed by atoms with Gasteiger partial charge in [-0.15, -0.1) is 0 Å². The highest BCUT2D eigenvalue weighted by molar-refractivity contribution is 5.76. The van der Waals surface area contributed by atoms with Crippen LogP contribution in [-0.4, -0.2) is 193 Å². The fourth-order valence-corrected chi connectivity index (χ4v) is 8.38. The number of unbranched alkanes of at least 4 members (excludes halogenated alkanes) is 14. The molecule has 19 heteroatoms. The molecule has 0 aliphatic carbocycles. The van der Waals surface area contributed by atoms with Crippen molar-refractivity contribution in [1.29, 1.82) is 0 Å². The predicted molar refractivity (Wildman–Crippen MR) is 249 cm³/mol. The Kier molecular flexibility index (Phi) is 30.5. The van der Waals surface area contributed by atoms with E-state index in [-0.39, 0.29) is 18.9 Å². The first-order valence-electron chi connectivity index (χ1n) is 25.2. The summed E-state index contributed by atoms with van der Waals surface area (Å²) in [5.41, 5.74) is 0. The predicted octanol–water partition coefficient (Wildman–Crippen LogP) is 1.42. The molecule has 12 N–H and O–H groups in total. The summed E-state index contributed by atoms with van der Waals surface area (Å²) in [6.45, 7) is 1.56. The van der Waals surface area contributed by atoms with Crippen molar-refractivity contribution in [3.8, 4) is 0 Å². The van der Waals surface area contributed by atoms with Gasteiger partial charge in [0, 0.05) is 6.42 Å². The summed E-state index contributed by atoms with van der Waals surface area (Å²) < 4.78 is 34.0. The number of aliphatic hydroxyl groups is 11. The van der Waals surface area contributed by atoms with Crippen LogP contribution in [0.3, 0.4) is 0 Å². The molecule has 3 aliphatic rings. The fourth-order valence-electron chi connectivity index (χ4n) is 8.38. The molecule has 3 aliphatic heterocycles. The minimum atomic E-state index is -1.98.